The predicted octanol–water partition coefficient (Wildman–Crippen LogP) is 7.23. The first kappa shape index (κ1) is 18.3. The molecule has 0 heterocycles. The molecule has 0 aromatic heterocycles. The van der Waals surface area contributed by atoms with Crippen LogP contribution in [0.2, 0.25) is 0 Å². The summed E-state index contributed by atoms with van der Waals surface area (Å²) < 4.78 is 0. The second-order valence-electron chi connectivity index (χ2n) is 6.59. The molecule has 0 spiro atoms. The minimum atomic E-state index is 0.703. The fraction of sp³-hybridized carbons (Fsp3) is 0.714. The van der Waals surface area contributed by atoms with Gasteiger partial charge in [0.15, 0.2) is 0 Å². The van der Waals surface area contributed by atoms with Gasteiger partial charge in [-0.3, -0.25) is 0 Å². The van der Waals surface area contributed by atoms with Crippen LogP contribution < -0.4 is 0 Å². The van der Waals surface area contributed by atoms with Crippen molar-refractivity contribution in [3.8, 4) is 0 Å². The third-order valence-corrected chi connectivity index (χ3v) is 4.73. The summed E-state index contributed by atoms with van der Waals surface area (Å²) in [5.74, 6) is 1.45. The van der Waals surface area contributed by atoms with Crippen LogP contribution in [0.5, 0.6) is 0 Å². The lowest BCUT2D eigenvalue weighted by atomic mass is 9.90. The van der Waals surface area contributed by atoms with Crippen molar-refractivity contribution in [3.63, 3.8) is 0 Å². The molecule has 0 heteroatoms. The van der Waals surface area contributed by atoms with Crippen molar-refractivity contribution in [2.24, 2.45) is 11.8 Å². The van der Waals surface area contributed by atoms with Gasteiger partial charge >= 0.3 is 0 Å². The van der Waals surface area contributed by atoms with Crippen molar-refractivity contribution < 1.29 is 0 Å². The molecule has 0 amide bonds. The Bertz CT molecular complexity index is 321. The maximum Gasteiger partial charge on any atom is -0.0108 e. The number of hydrogen-bond acceptors (Lipinski definition) is 0. The lowest BCUT2D eigenvalue weighted by Crippen LogP contribution is -2.05. The van der Waals surface area contributed by atoms with Gasteiger partial charge in [-0.1, -0.05) is 82.4 Å². The third kappa shape index (κ3) is 7.69. The molecule has 1 rings (SSSR count). The van der Waals surface area contributed by atoms with Gasteiger partial charge in [-0.2, -0.15) is 0 Å². The van der Waals surface area contributed by atoms with E-state index in [0.717, 1.165) is 5.92 Å². The van der Waals surface area contributed by atoms with Crippen LogP contribution in [-0.4, -0.2) is 0 Å². The van der Waals surface area contributed by atoms with E-state index in [2.05, 4.69) is 44.7 Å². The molecule has 0 aromatic rings. The summed E-state index contributed by atoms with van der Waals surface area (Å²) in [4.78, 5) is 0. The molecule has 0 radical (unpaired) electrons. The second-order valence-corrected chi connectivity index (χ2v) is 6.59. The van der Waals surface area contributed by atoms with Gasteiger partial charge in [0.05, 0.1) is 0 Å². The van der Waals surface area contributed by atoms with E-state index < -0.39 is 0 Å². The minimum Gasteiger partial charge on any atom is -0.0995 e. The standard InChI is InChI=1S/C21H36/c1-4-6-8-10-12-13-15-20-18-17-19(3)21(20)16-14-11-9-7-5-2/h11,13-15,20-21H,3-10,12,16-18H2,1-2H3/b14-11-,15-13+/t20-,21-/m0/s1. The van der Waals surface area contributed by atoms with E-state index in [1.165, 1.54) is 76.2 Å². The molecule has 1 aliphatic rings. The summed E-state index contributed by atoms with van der Waals surface area (Å²) >= 11 is 0. The molecule has 2 atom stereocenters. The van der Waals surface area contributed by atoms with Gasteiger partial charge in [0.2, 0.25) is 0 Å². The van der Waals surface area contributed by atoms with Crippen LogP contribution in [0.25, 0.3) is 0 Å². The second kappa shape index (κ2) is 11.8. The lowest BCUT2D eigenvalue weighted by molar-refractivity contribution is 0.511. The Morgan fingerprint density at radius 1 is 0.952 bits per heavy atom. The van der Waals surface area contributed by atoms with Crippen LogP contribution >= 0.6 is 0 Å². The molecule has 120 valence electrons. The molecule has 0 saturated heterocycles. The quantitative estimate of drug-likeness (QED) is 0.278. The monoisotopic (exact) mass is 288 g/mol. The van der Waals surface area contributed by atoms with E-state index in [-0.39, 0.29) is 0 Å². The zero-order valence-corrected chi connectivity index (χ0v) is 14.4. The summed E-state index contributed by atoms with van der Waals surface area (Å²) in [6, 6.07) is 0. The third-order valence-electron chi connectivity index (χ3n) is 4.73. The zero-order valence-electron chi connectivity index (χ0n) is 14.4. The zero-order chi connectivity index (χ0) is 15.3. The van der Waals surface area contributed by atoms with Crippen LogP contribution in [0.3, 0.4) is 0 Å². The van der Waals surface area contributed by atoms with Gasteiger partial charge in [-0.05, 0) is 50.4 Å². The first-order valence-electron chi connectivity index (χ1n) is 9.28. The highest BCUT2D eigenvalue weighted by Crippen LogP contribution is 2.39. The number of unbranched alkanes of at least 4 members (excludes halogenated alkanes) is 6. The largest absolute Gasteiger partial charge is 0.0995 e. The SMILES string of the molecule is C=C1CC[C@H](/C=C/CCCCCC)[C@H]1C/C=C\CCCC. The van der Waals surface area contributed by atoms with Crippen LogP contribution in [-0.2, 0) is 0 Å². The molecule has 1 aliphatic carbocycles. The number of rotatable bonds is 11. The van der Waals surface area contributed by atoms with Gasteiger partial charge in [-0.25, -0.2) is 0 Å². The maximum absolute atomic E-state index is 4.30. The van der Waals surface area contributed by atoms with Crippen molar-refractivity contribution in [1.82, 2.24) is 0 Å². The molecule has 21 heavy (non-hydrogen) atoms. The van der Waals surface area contributed by atoms with Crippen LogP contribution in [0, 0.1) is 11.8 Å². The molecule has 0 bridgehead atoms. The Morgan fingerprint density at radius 3 is 2.48 bits per heavy atom. The van der Waals surface area contributed by atoms with Crippen molar-refractivity contribution >= 4 is 0 Å². The van der Waals surface area contributed by atoms with Crippen molar-refractivity contribution in [2.45, 2.75) is 84.5 Å². The summed E-state index contributed by atoms with van der Waals surface area (Å²) in [5, 5.41) is 0. The van der Waals surface area contributed by atoms with Gasteiger partial charge in [0, 0.05) is 0 Å². The topological polar surface area (TPSA) is 0 Å². The lowest BCUT2D eigenvalue weighted by Gasteiger charge is -2.15. The van der Waals surface area contributed by atoms with Crippen molar-refractivity contribution in [1.29, 1.82) is 0 Å². The van der Waals surface area contributed by atoms with Gasteiger partial charge in [0.25, 0.3) is 0 Å². The summed E-state index contributed by atoms with van der Waals surface area (Å²) in [6.45, 7) is 8.84. The van der Waals surface area contributed by atoms with Crippen LogP contribution in [0.4, 0.5) is 0 Å². The highest BCUT2D eigenvalue weighted by molar-refractivity contribution is 5.15. The molecular weight excluding hydrogens is 252 g/mol. The molecule has 0 N–H and O–H groups in total. The summed E-state index contributed by atoms with van der Waals surface area (Å²) in [5.41, 5.74) is 1.48. The Labute approximate surface area is 133 Å². The summed E-state index contributed by atoms with van der Waals surface area (Å²) in [7, 11) is 0. The molecule has 1 saturated carbocycles. The van der Waals surface area contributed by atoms with Gasteiger partial charge < -0.3 is 0 Å². The molecule has 1 fully saturated rings. The average Bonchev–Trinajstić information content (AvgIpc) is 2.83. The molecule has 0 aliphatic heterocycles. The highest BCUT2D eigenvalue weighted by atomic mass is 14.3. The number of hydrogen-bond donors (Lipinski definition) is 0. The predicted molar refractivity (Wildman–Crippen MR) is 96.5 cm³/mol. The van der Waals surface area contributed by atoms with E-state index >= 15 is 0 Å². The van der Waals surface area contributed by atoms with E-state index in [9.17, 15) is 0 Å². The minimum absolute atomic E-state index is 0.703. The molecule has 0 nitrogen and oxygen atoms in total. The molecular formula is C21H36. The average molecular weight is 289 g/mol. The highest BCUT2D eigenvalue weighted by Gasteiger charge is 2.26. The molecule has 0 aromatic carbocycles. The Morgan fingerprint density at radius 2 is 1.71 bits per heavy atom. The van der Waals surface area contributed by atoms with Crippen LogP contribution in [0.1, 0.15) is 84.5 Å². The van der Waals surface area contributed by atoms with E-state index in [4.69, 9.17) is 0 Å². The first-order chi connectivity index (χ1) is 10.3. The van der Waals surface area contributed by atoms with Crippen LogP contribution in [0.15, 0.2) is 36.5 Å². The summed E-state index contributed by atoms with van der Waals surface area (Å²) in [6.07, 6.45) is 24.1. The Kier molecular flexibility index (Phi) is 10.3. The van der Waals surface area contributed by atoms with Gasteiger partial charge in [-0.15, -0.1) is 0 Å². The van der Waals surface area contributed by atoms with Gasteiger partial charge in [0.1, 0.15) is 0 Å². The Hall–Kier alpha value is -0.780. The maximum atomic E-state index is 4.30. The normalized spacial score (nSPS) is 22.9. The van der Waals surface area contributed by atoms with E-state index in [1.807, 2.05) is 0 Å². The van der Waals surface area contributed by atoms with E-state index in [0.29, 0.717) is 5.92 Å². The van der Waals surface area contributed by atoms with Crippen molar-refractivity contribution in [2.75, 3.05) is 0 Å². The Balaban J connectivity index is 2.29. The fourth-order valence-electron chi connectivity index (χ4n) is 3.26. The van der Waals surface area contributed by atoms with Crippen molar-refractivity contribution in [3.05, 3.63) is 36.5 Å². The smallest absolute Gasteiger partial charge is 0.0108 e. The fourth-order valence-corrected chi connectivity index (χ4v) is 3.26. The number of allylic oxidation sites excluding steroid dienone is 5. The first-order valence-corrected chi connectivity index (χ1v) is 9.28. The van der Waals surface area contributed by atoms with E-state index in [1.54, 1.807) is 0 Å². The molecule has 0 unspecified atom stereocenters.